The lowest BCUT2D eigenvalue weighted by atomic mass is 10.1. The van der Waals surface area contributed by atoms with Crippen molar-refractivity contribution in [1.29, 1.82) is 0 Å². The molecule has 1 aromatic heterocycles. The topological polar surface area (TPSA) is 77.4 Å². The zero-order valence-electron chi connectivity index (χ0n) is 17.1. The van der Waals surface area contributed by atoms with E-state index in [0.29, 0.717) is 30.3 Å². The minimum Gasteiger partial charge on any atom is -0.454 e. The van der Waals surface area contributed by atoms with Gasteiger partial charge >= 0.3 is 6.03 Å². The van der Waals surface area contributed by atoms with Gasteiger partial charge in [0.15, 0.2) is 11.5 Å². The van der Waals surface area contributed by atoms with Crippen molar-refractivity contribution in [3.63, 3.8) is 0 Å². The molecule has 1 aliphatic heterocycles. The third-order valence-corrected chi connectivity index (χ3v) is 5.22. The van der Waals surface area contributed by atoms with E-state index in [9.17, 15) is 4.79 Å². The van der Waals surface area contributed by atoms with Gasteiger partial charge in [0.2, 0.25) is 6.79 Å². The number of ether oxygens (including phenoxy) is 2. The van der Waals surface area contributed by atoms with Crippen LogP contribution in [0.3, 0.4) is 0 Å². The van der Waals surface area contributed by atoms with Gasteiger partial charge in [0.05, 0.1) is 11.0 Å². The Hall–Kier alpha value is -4.00. The molecule has 0 atom stereocenters. The average Bonchev–Trinajstić information content (AvgIpc) is 3.39. The van der Waals surface area contributed by atoms with Crippen molar-refractivity contribution < 1.29 is 14.3 Å². The first-order chi connectivity index (χ1) is 15.2. The SMILES string of the molecule is Cc1ccc(-c2nc3ccccc3n2CCNC(=O)Nc2ccc3c(c2)OCO3)cc1. The fourth-order valence-corrected chi connectivity index (χ4v) is 3.66. The molecule has 0 saturated heterocycles. The minimum absolute atomic E-state index is 0.202. The van der Waals surface area contributed by atoms with Gasteiger partial charge in [0.1, 0.15) is 5.82 Å². The molecule has 2 amide bonds. The summed E-state index contributed by atoms with van der Waals surface area (Å²) in [4.78, 5) is 17.2. The van der Waals surface area contributed by atoms with E-state index < -0.39 is 0 Å². The van der Waals surface area contributed by atoms with E-state index in [1.165, 1.54) is 5.56 Å². The zero-order valence-corrected chi connectivity index (χ0v) is 17.1. The van der Waals surface area contributed by atoms with Gasteiger partial charge in [-0.1, -0.05) is 42.0 Å². The Morgan fingerprint density at radius 1 is 1.03 bits per heavy atom. The van der Waals surface area contributed by atoms with Crippen LogP contribution in [0.25, 0.3) is 22.4 Å². The summed E-state index contributed by atoms with van der Waals surface area (Å²) in [6.45, 7) is 3.32. The minimum atomic E-state index is -0.278. The largest absolute Gasteiger partial charge is 0.454 e. The Kier molecular flexibility index (Phi) is 4.92. The highest BCUT2D eigenvalue weighted by Crippen LogP contribution is 2.34. The number of fused-ring (bicyclic) bond motifs is 2. The molecule has 0 fully saturated rings. The van der Waals surface area contributed by atoms with Crippen LogP contribution >= 0.6 is 0 Å². The Balaban J connectivity index is 1.29. The van der Waals surface area contributed by atoms with Crippen LogP contribution in [0.1, 0.15) is 5.56 Å². The van der Waals surface area contributed by atoms with Gasteiger partial charge < -0.3 is 24.7 Å². The summed E-state index contributed by atoms with van der Waals surface area (Å²) >= 11 is 0. The number of anilines is 1. The fraction of sp³-hybridized carbons (Fsp3) is 0.167. The second-order valence-corrected chi connectivity index (χ2v) is 7.39. The summed E-state index contributed by atoms with van der Waals surface area (Å²) < 4.78 is 12.8. The number of hydrogen-bond donors (Lipinski definition) is 2. The van der Waals surface area contributed by atoms with Crippen LogP contribution in [-0.4, -0.2) is 28.9 Å². The molecule has 31 heavy (non-hydrogen) atoms. The first-order valence-electron chi connectivity index (χ1n) is 10.1. The lowest BCUT2D eigenvalue weighted by molar-refractivity contribution is 0.174. The molecule has 7 nitrogen and oxygen atoms in total. The van der Waals surface area contributed by atoms with Crippen molar-refractivity contribution in [3.05, 3.63) is 72.3 Å². The number of para-hydroxylation sites is 2. The van der Waals surface area contributed by atoms with Crippen molar-refractivity contribution in [2.75, 3.05) is 18.7 Å². The van der Waals surface area contributed by atoms with Gasteiger partial charge in [-0.2, -0.15) is 0 Å². The molecular weight excluding hydrogens is 392 g/mol. The Labute approximate surface area is 179 Å². The lowest BCUT2D eigenvalue weighted by Crippen LogP contribution is -2.31. The number of carbonyl (C=O) groups is 1. The monoisotopic (exact) mass is 414 g/mol. The summed E-state index contributed by atoms with van der Waals surface area (Å²) in [7, 11) is 0. The maximum absolute atomic E-state index is 12.4. The number of amides is 2. The normalized spacial score (nSPS) is 12.2. The van der Waals surface area contributed by atoms with Gasteiger partial charge in [-0.05, 0) is 31.2 Å². The number of urea groups is 1. The van der Waals surface area contributed by atoms with Crippen molar-refractivity contribution >= 4 is 22.8 Å². The number of nitrogens with one attached hydrogen (secondary N) is 2. The highest BCUT2D eigenvalue weighted by molar-refractivity contribution is 5.89. The molecule has 0 unspecified atom stereocenters. The highest BCUT2D eigenvalue weighted by Gasteiger charge is 2.15. The summed E-state index contributed by atoms with van der Waals surface area (Å²) in [5.41, 5.74) is 4.87. The molecule has 156 valence electrons. The quantitative estimate of drug-likeness (QED) is 0.502. The Morgan fingerprint density at radius 3 is 2.71 bits per heavy atom. The second-order valence-electron chi connectivity index (χ2n) is 7.39. The maximum atomic E-state index is 12.4. The smallest absolute Gasteiger partial charge is 0.319 e. The number of carbonyl (C=O) groups excluding carboxylic acids is 1. The molecule has 7 heteroatoms. The van der Waals surface area contributed by atoms with Gasteiger partial charge in [-0.25, -0.2) is 9.78 Å². The van der Waals surface area contributed by atoms with Crippen LogP contribution in [0, 0.1) is 6.92 Å². The van der Waals surface area contributed by atoms with Crippen LogP contribution in [0.15, 0.2) is 66.7 Å². The summed E-state index contributed by atoms with van der Waals surface area (Å²) in [6.07, 6.45) is 0. The van der Waals surface area contributed by atoms with E-state index in [0.717, 1.165) is 22.4 Å². The summed E-state index contributed by atoms with van der Waals surface area (Å²) in [5, 5.41) is 5.75. The Morgan fingerprint density at radius 2 is 1.84 bits per heavy atom. The molecule has 0 aliphatic carbocycles. The fourth-order valence-electron chi connectivity index (χ4n) is 3.66. The molecule has 3 aromatic carbocycles. The molecule has 0 spiro atoms. The van der Waals surface area contributed by atoms with Gasteiger partial charge in [0, 0.05) is 30.4 Å². The summed E-state index contributed by atoms with van der Waals surface area (Å²) in [5.74, 6) is 2.20. The van der Waals surface area contributed by atoms with Crippen LogP contribution in [0.2, 0.25) is 0 Å². The third-order valence-electron chi connectivity index (χ3n) is 5.22. The van der Waals surface area contributed by atoms with Crippen LogP contribution < -0.4 is 20.1 Å². The van der Waals surface area contributed by atoms with E-state index >= 15 is 0 Å². The number of imidazole rings is 1. The molecule has 2 N–H and O–H groups in total. The molecule has 1 aliphatic rings. The van der Waals surface area contributed by atoms with E-state index in [1.807, 2.05) is 24.3 Å². The maximum Gasteiger partial charge on any atom is 0.319 e. The number of aromatic nitrogens is 2. The van der Waals surface area contributed by atoms with Gasteiger partial charge in [-0.15, -0.1) is 0 Å². The molecule has 5 rings (SSSR count). The van der Waals surface area contributed by atoms with Crippen molar-refractivity contribution in [2.45, 2.75) is 13.5 Å². The van der Waals surface area contributed by atoms with Gasteiger partial charge in [-0.3, -0.25) is 0 Å². The Bertz CT molecular complexity index is 1250. The second kappa shape index (κ2) is 8.02. The molecule has 0 radical (unpaired) electrons. The predicted octanol–water partition coefficient (Wildman–Crippen LogP) is 4.56. The number of hydrogen-bond acceptors (Lipinski definition) is 4. The standard InChI is InChI=1S/C24H22N4O3/c1-16-6-8-17(9-7-16)23-27-19-4-2-3-5-20(19)28(23)13-12-25-24(29)26-18-10-11-21-22(14-18)31-15-30-21/h2-11,14H,12-13,15H2,1H3,(H2,25,26,29). The number of aryl methyl sites for hydroxylation is 1. The van der Waals surface area contributed by atoms with E-state index in [2.05, 4.69) is 46.4 Å². The van der Waals surface area contributed by atoms with Crippen molar-refractivity contribution in [3.8, 4) is 22.9 Å². The van der Waals surface area contributed by atoms with Crippen molar-refractivity contribution in [1.82, 2.24) is 14.9 Å². The number of nitrogens with zero attached hydrogens (tertiary/aromatic N) is 2. The zero-order chi connectivity index (χ0) is 21.2. The lowest BCUT2D eigenvalue weighted by Gasteiger charge is -2.12. The van der Waals surface area contributed by atoms with Crippen LogP contribution in [0.5, 0.6) is 11.5 Å². The predicted molar refractivity (Wildman–Crippen MR) is 119 cm³/mol. The van der Waals surface area contributed by atoms with Crippen LogP contribution in [0.4, 0.5) is 10.5 Å². The molecule has 0 saturated carbocycles. The molecule has 2 heterocycles. The first kappa shape index (κ1) is 19.0. The number of benzene rings is 3. The summed E-state index contributed by atoms with van der Waals surface area (Å²) in [6, 6.07) is 21.4. The first-order valence-corrected chi connectivity index (χ1v) is 10.1. The average molecular weight is 414 g/mol. The van der Waals surface area contributed by atoms with Crippen LogP contribution in [-0.2, 0) is 6.54 Å². The molecule has 0 bridgehead atoms. The highest BCUT2D eigenvalue weighted by atomic mass is 16.7. The third kappa shape index (κ3) is 3.90. The number of rotatable bonds is 5. The molecular formula is C24H22N4O3. The van der Waals surface area contributed by atoms with E-state index in [-0.39, 0.29) is 12.8 Å². The van der Waals surface area contributed by atoms with E-state index in [4.69, 9.17) is 14.5 Å². The molecule has 4 aromatic rings. The van der Waals surface area contributed by atoms with Gasteiger partial charge in [0.25, 0.3) is 0 Å². The van der Waals surface area contributed by atoms with Crippen molar-refractivity contribution in [2.24, 2.45) is 0 Å². The van der Waals surface area contributed by atoms with E-state index in [1.54, 1.807) is 18.2 Å².